The van der Waals surface area contributed by atoms with Gasteiger partial charge in [-0.15, -0.1) is 0 Å². The molecule has 0 bridgehead atoms. The number of esters is 4. The van der Waals surface area contributed by atoms with E-state index in [9.17, 15) is 43.2 Å². The standard InChI is InChI=1S/C78H152O17P2/c1-9-71(8)57-49-41-33-23-20-21-25-36-44-52-60-77(82)94-73(64-88-75(80)58-50-42-34-24-19-17-15-13-11-10-12-14-16-18-22-30-38-46-54-68(2)3)66-92-96(84,85)90-62-72(79)63-91-97(86,87)93-67-74(95-78(83)61-53-45-37-29-27-32-40-48-56-70(6)7)65-89-76(81)59-51-43-35-28-26-31-39-47-55-69(4)5/h68-74,79H,9-67H2,1-8H3,(H,84,85)(H,86,87)/t71?,72?,73-,74-/m1/s1. The molecule has 0 saturated carbocycles. The second-order valence-electron chi connectivity index (χ2n) is 29.8. The van der Waals surface area contributed by atoms with Crippen molar-refractivity contribution < 1.29 is 80.2 Å². The van der Waals surface area contributed by atoms with Crippen LogP contribution < -0.4 is 0 Å². The van der Waals surface area contributed by atoms with Crippen molar-refractivity contribution in [2.24, 2.45) is 23.7 Å². The van der Waals surface area contributed by atoms with Gasteiger partial charge in [0, 0.05) is 25.7 Å². The zero-order chi connectivity index (χ0) is 71.7. The molecule has 3 N–H and O–H groups in total. The topological polar surface area (TPSA) is 237 Å². The van der Waals surface area contributed by atoms with Crippen LogP contribution in [0.25, 0.3) is 0 Å². The number of hydrogen-bond acceptors (Lipinski definition) is 15. The normalized spacial score (nSPS) is 14.4. The highest BCUT2D eigenvalue weighted by Gasteiger charge is 2.30. The maximum atomic E-state index is 13.1. The molecule has 17 nitrogen and oxygen atoms in total. The monoisotopic (exact) mass is 1420 g/mol. The molecule has 0 rings (SSSR count). The molecule has 0 aromatic heterocycles. The van der Waals surface area contributed by atoms with Crippen LogP contribution in [0.3, 0.4) is 0 Å². The number of ether oxygens (including phenoxy) is 4. The van der Waals surface area contributed by atoms with E-state index in [-0.39, 0.29) is 25.7 Å². The fourth-order valence-electron chi connectivity index (χ4n) is 11.9. The molecule has 19 heteroatoms. The lowest BCUT2D eigenvalue weighted by Gasteiger charge is -2.21. The van der Waals surface area contributed by atoms with Crippen molar-refractivity contribution in [3.05, 3.63) is 0 Å². The summed E-state index contributed by atoms with van der Waals surface area (Å²) in [5.74, 6) is 0.949. The molecule has 6 atom stereocenters. The summed E-state index contributed by atoms with van der Waals surface area (Å²) in [6, 6.07) is 0. The van der Waals surface area contributed by atoms with Crippen molar-refractivity contribution in [3.63, 3.8) is 0 Å². The third kappa shape index (κ3) is 70.9. The Hall–Kier alpha value is -1.94. The first-order valence-electron chi connectivity index (χ1n) is 40.2. The maximum absolute atomic E-state index is 13.1. The van der Waals surface area contributed by atoms with E-state index < -0.39 is 97.5 Å². The minimum Gasteiger partial charge on any atom is -0.462 e. The molecule has 0 fully saturated rings. The van der Waals surface area contributed by atoms with Crippen LogP contribution >= 0.6 is 15.6 Å². The van der Waals surface area contributed by atoms with Crippen LogP contribution in [0.15, 0.2) is 0 Å². The van der Waals surface area contributed by atoms with Gasteiger partial charge in [0.05, 0.1) is 26.4 Å². The van der Waals surface area contributed by atoms with Gasteiger partial charge >= 0.3 is 39.5 Å². The lowest BCUT2D eigenvalue weighted by Crippen LogP contribution is -2.30. The Morgan fingerprint density at radius 2 is 0.495 bits per heavy atom. The minimum absolute atomic E-state index is 0.104. The zero-order valence-electron chi connectivity index (χ0n) is 63.7. The molecule has 4 unspecified atom stereocenters. The lowest BCUT2D eigenvalue weighted by atomic mass is 9.99. The first kappa shape index (κ1) is 95.1. The van der Waals surface area contributed by atoms with E-state index in [0.29, 0.717) is 25.7 Å². The minimum atomic E-state index is -4.96. The van der Waals surface area contributed by atoms with Gasteiger partial charge in [0.1, 0.15) is 19.3 Å². The van der Waals surface area contributed by atoms with E-state index >= 15 is 0 Å². The second-order valence-corrected chi connectivity index (χ2v) is 32.7. The first-order chi connectivity index (χ1) is 46.6. The quantitative estimate of drug-likeness (QED) is 0.0222. The van der Waals surface area contributed by atoms with Gasteiger partial charge in [-0.25, -0.2) is 9.13 Å². The third-order valence-electron chi connectivity index (χ3n) is 18.4. The predicted molar refractivity (Wildman–Crippen MR) is 395 cm³/mol. The zero-order valence-corrected chi connectivity index (χ0v) is 65.5. The van der Waals surface area contributed by atoms with Crippen molar-refractivity contribution in [2.75, 3.05) is 39.6 Å². The summed E-state index contributed by atoms with van der Waals surface area (Å²) < 4.78 is 68.6. The average Bonchev–Trinajstić information content (AvgIpc) is 1.45. The van der Waals surface area contributed by atoms with Crippen molar-refractivity contribution in [3.8, 4) is 0 Å². The van der Waals surface area contributed by atoms with Crippen molar-refractivity contribution in [1.82, 2.24) is 0 Å². The lowest BCUT2D eigenvalue weighted by molar-refractivity contribution is -0.161. The molecule has 0 aromatic carbocycles. The molecular formula is C78H152O17P2. The number of hydrogen-bond donors (Lipinski definition) is 3. The number of phosphoric acid groups is 2. The van der Waals surface area contributed by atoms with Crippen LogP contribution in [0.5, 0.6) is 0 Å². The molecule has 97 heavy (non-hydrogen) atoms. The van der Waals surface area contributed by atoms with E-state index in [4.69, 9.17) is 37.0 Å². The molecule has 0 aromatic rings. The summed E-state index contributed by atoms with van der Waals surface area (Å²) in [4.78, 5) is 72.8. The summed E-state index contributed by atoms with van der Waals surface area (Å²) in [5.41, 5.74) is 0. The summed E-state index contributed by atoms with van der Waals surface area (Å²) in [5, 5.41) is 10.6. The number of carbonyl (C=O) groups excluding carboxylic acids is 4. The molecule has 0 radical (unpaired) electrons. The van der Waals surface area contributed by atoms with Gasteiger partial charge in [-0.3, -0.25) is 37.3 Å². The Labute approximate surface area is 594 Å². The summed E-state index contributed by atoms with van der Waals surface area (Å²) in [7, 11) is -9.91. The highest BCUT2D eigenvalue weighted by atomic mass is 31.2. The second kappa shape index (κ2) is 67.2. The number of carbonyl (C=O) groups is 4. The van der Waals surface area contributed by atoms with Gasteiger partial charge in [0.25, 0.3) is 0 Å². The fraction of sp³-hybridized carbons (Fsp3) is 0.949. The third-order valence-corrected chi connectivity index (χ3v) is 20.3. The molecule has 0 aliphatic carbocycles. The molecule has 0 amide bonds. The van der Waals surface area contributed by atoms with Crippen molar-refractivity contribution >= 4 is 39.5 Å². The Morgan fingerprint density at radius 1 is 0.289 bits per heavy atom. The van der Waals surface area contributed by atoms with Crippen LogP contribution in [-0.4, -0.2) is 96.7 Å². The summed E-state index contributed by atoms with van der Waals surface area (Å²) in [6.45, 7) is 14.2. The summed E-state index contributed by atoms with van der Waals surface area (Å²) >= 11 is 0. The molecule has 0 spiro atoms. The first-order valence-corrected chi connectivity index (χ1v) is 43.2. The van der Waals surface area contributed by atoms with Crippen molar-refractivity contribution in [2.45, 2.75) is 414 Å². The molecule has 0 saturated heterocycles. The maximum Gasteiger partial charge on any atom is 0.472 e. The number of aliphatic hydroxyl groups excluding tert-OH is 1. The van der Waals surface area contributed by atoms with E-state index in [0.717, 1.165) is 114 Å². The van der Waals surface area contributed by atoms with Crippen LogP contribution in [0.1, 0.15) is 396 Å². The SMILES string of the molecule is CCC(C)CCCCCCCCCCCCC(=O)O[C@H](COC(=O)CCCCCCCCCCCCCCCCCCCCC(C)C)COP(=O)(O)OCC(O)COP(=O)(O)OC[C@@H](COC(=O)CCCCCCCCCCC(C)C)OC(=O)CCCCCCCCCCC(C)C. The van der Waals surface area contributed by atoms with Gasteiger partial charge in [0.2, 0.25) is 0 Å². The van der Waals surface area contributed by atoms with E-state index in [1.54, 1.807) is 0 Å². The Balaban J connectivity index is 5.20. The molecule has 0 heterocycles. The van der Waals surface area contributed by atoms with E-state index in [1.807, 2.05) is 0 Å². The Morgan fingerprint density at radius 3 is 0.732 bits per heavy atom. The highest BCUT2D eigenvalue weighted by molar-refractivity contribution is 7.47. The van der Waals surface area contributed by atoms with Gasteiger partial charge in [-0.2, -0.15) is 0 Å². The Kier molecular flexibility index (Phi) is 65.9. The van der Waals surface area contributed by atoms with Crippen LogP contribution in [0.4, 0.5) is 0 Å². The number of rotatable bonds is 75. The van der Waals surface area contributed by atoms with Crippen LogP contribution in [0.2, 0.25) is 0 Å². The molecule has 0 aliphatic heterocycles. The smallest absolute Gasteiger partial charge is 0.462 e. The fourth-order valence-corrected chi connectivity index (χ4v) is 13.5. The number of aliphatic hydroxyl groups is 1. The van der Waals surface area contributed by atoms with Crippen molar-refractivity contribution in [1.29, 1.82) is 0 Å². The van der Waals surface area contributed by atoms with Crippen LogP contribution in [-0.2, 0) is 65.4 Å². The van der Waals surface area contributed by atoms with Gasteiger partial charge in [-0.05, 0) is 49.4 Å². The van der Waals surface area contributed by atoms with Gasteiger partial charge < -0.3 is 33.8 Å². The van der Waals surface area contributed by atoms with Gasteiger partial charge in [-0.1, -0.05) is 344 Å². The Bertz CT molecular complexity index is 1900. The van der Waals surface area contributed by atoms with E-state index in [2.05, 4.69) is 55.4 Å². The largest absolute Gasteiger partial charge is 0.472 e. The summed E-state index contributed by atoms with van der Waals surface area (Å²) in [6.07, 6.45) is 52.9. The highest BCUT2D eigenvalue weighted by Crippen LogP contribution is 2.45. The number of unbranched alkanes of at least 4 members (excludes halogenated alkanes) is 40. The molecule has 576 valence electrons. The van der Waals surface area contributed by atoms with Crippen LogP contribution in [0, 0.1) is 23.7 Å². The molecule has 0 aliphatic rings. The van der Waals surface area contributed by atoms with Gasteiger partial charge in [0.15, 0.2) is 12.2 Å². The number of phosphoric ester groups is 2. The van der Waals surface area contributed by atoms with E-state index in [1.165, 1.54) is 199 Å². The molecular weight excluding hydrogens is 1270 g/mol. The average molecular weight is 1420 g/mol. The predicted octanol–water partition coefficient (Wildman–Crippen LogP) is 22.8.